The van der Waals surface area contributed by atoms with Gasteiger partial charge in [-0.15, -0.1) is 0 Å². The van der Waals surface area contributed by atoms with Crippen LogP contribution in [0.5, 0.6) is 0 Å². The van der Waals surface area contributed by atoms with Crippen molar-refractivity contribution >= 4 is 15.8 Å². The number of nitrogens with one attached hydrogen (secondary N) is 1. The van der Waals surface area contributed by atoms with E-state index in [0.29, 0.717) is 6.04 Å². The second-order valence-corrected chi connectivity index (χ2v) is 7.97. The summed E-state index contributed by atoms with van der Waals surface area (Å²) >= 11 is 0. The molecule has 1 unspecified atom stereocenters. The number of rotatable bonds is 6. The fraction of sp³-hybridized carbons (Fsp3) is 0.714. The van der Waals surface area contributed by atoms with Crippen LogP contribution in [-0.2, 0) is 9.84 Å². The van der Waals surface area contributed by atoms with Gasteiger partial charge in [-0.2, -0.15) is 0 Å². The molecule has 0 amide bonds. The third-order valence-corrected chi connectivity index (χ3v) is 5.68. The zero-order valence-corrected chi connectivity index (χ0v) is 13.5. The van der Waals surface area contributed by atoms with Crippen molar-refractivity contribution in [1.29, 1.82) is 0 Å². The zero-order valence-electron chi connectivity index (χ0n) is 12.7. The molecule has 0 saturated carbocycles. The zero-order chi connectivity index (χ0) is 15.3. The first kappa shape index (κ1) is 16.2. The van der Waals surface area contributed by atoms with Gasteiger partial charge < -0.3 is 10.2 Å². The molecule has 1 aromatic rings. The van der Waals surface area contributed by atoms with E-state index in [2.05, 4.69) is 20.2 Å². The summed E-state index contributed by atoms with van der Waals surface area (Å²) in [7, 11) is -2.92. The van der Waals surface area contributed by atoms with Gasteiger partial charge in [0.15, 0.2) is 9.84 Å². The molecule has 1 aliphatic heterocycles. The summed E-state index contributed by atoms with van der Waals surface area (Å²) in [5, 5.41) is 3.43. The fourth-order valence-corrected chi connectivity index (χ4v) is 3.74. The van der Waals surface area contributed by atoms with Crippen LogP contribution >= 0.6 is 0 Å². The Bertz CT molecular complexity index is 527. The van der Waals surface area contributed by atoms with Crippen molar-refractivity contribution in [3.63, 3.8) is 0 Å². The lowest BCUT2D eigenvalue weighted by Gasteiger charge is -2.33. The van der Waals surface area contributed by atoms with Crippen molar-refractivity contribution in [2.75, 3.05) is 29.5 Å². The molecule has 1 aromatic heterocycles. The molecule has 1 N–H and O–H groups in total. The molecule has 0 bridgehead atoms. The van der Waals surface area contributed by atoms with Crippen LogP contribution in [-0.4, -0.2) is 55.1 Å². The van der Waals surface area contributed by atoms with Gasteiger partial charge >= 0.3 is 0 Å². The van der Waals surface area contributed by atoms with Crippen LogP contribution in [0.3, 0.4) is 0 Å². The molecular weight excluding hydrogens is 288 g/mol. The maximum Gasteiger partial charge on any atom is 0.225 e. The van der Waals surface area contributed by atoms with Gasteiger partial charge in [0.05, 0.1) is 5.75 Å². The Morgan fingerprint density at radius 2 is 1.95 bits per heavy atom. The van der Waals surface area contributed by atoms with E-state index >= 15 is 0 Å². The molecule has 6 nitrogen and oxygen atoms in total. The predicted molar refractivity (Wildman–Crippen MR) is 84.2 cm³/mol. The number of anilines is 1. The summed E-state index contributed by atoms with van der Waals surface area (Å²) in [6.45, 7) is 5.43. The normalized spacial score (nSPS) is 18.7. The van der Waals surface area contributed by atoms with E-state index in [-0.39, 0.29) is 17.5 Å². The van der Waals surface area contributed by atoms with E-state index in [4.69, 9.17) is 0 Å². The number of hydrogen-bond acceptors (Lipinski definition) is 6. The number of piperidine rings is 1. The highest BCUT2D eigenvalue weighted by molar-refractivity contribution is 7.91. The summed E-state index contributed by atoms with van der Waals surface area (Å²) in [6, 6.07) is 2.18. The van der Waals surface area contributed by atoms with Gasteiger partial charge in [-0.05, 0) is 25.8 Å². The topological polar surface area (TPSA) is 75.2 Å². The number of nitrogens with zero attached hydrogens (tertiary/aromatic N) is 3. The van der Waals surface area contributed by atoms with E-state index in [1.807, 2.05) is 13.0 Å². The van der Waals surface area contributed by atoms with Gasteiger partial charge in [-0.3, -0.25) is 0 Å². The molecule has 0 radical (unpaired) electrons. The average Bonchev–Trinajstić information content (AvgIpc) is 2.48. The number of sulfone groups is 1. The van der Waals surface area contributed by atoms with Gasteiger partial charge in [0.2, 0.25) is 5.95 Å². The van der Waals surface area contributed by atoms with E-state index in [9.17, 15) is 8.42 Å². The van der Waals surface area contributed by atoms with Crippen LogP contribution in [0.4, 0.5) is 5.95 Å². The fourth-order valence-electron chi connectivity index (χ4n) is 2.65. The lowest BCUT2D eigenvalue weighted by atomic mass is 10.0. The van der Waals surface area contributed by atoms with Crippen molar-refractivity contribution in [2.24, 2.45) is 0 Å². The SMILES string of the molecule is CCS(=O)(=O)CC(C)NC1CCN(c2ncccn2)CC1. The summed E-state index contributed by atoms with van der Waals surface area (Å²) in [4.78, 5) is 10.7. The van der Waals surface area contributed by atoms with Crippen molar-refractivity contribution in [3.8, 4) is 0 Å². The van der Waals surface area contributed by atoms with Gasteiger partial charge in [0.1, 0.15) is 0 Å². The summed E-state index contributed by atoms with van der Waals surface area (Å²) in [6.07, 6.45) is 5.47. The molecule has 1 atom stereocenters. The van der Waals surface area contributed by atoms with E-state index in [0.717, 1.165) is 31.9 Å². The van der Waals surface area contributed by atoms with Crippen molar-refractivity contribution < 1.29 is 8.42 Å². The highest BCUT2D eigenvalue weighted by Crippen LogP contribution is 2.15. The Morgan fingerprint density at radius 1 is 1.33 bits per heavy atom. The molecule has 0 spiro atoms. The van der Waals surface area contributed by atoms with Crippen LogP contribution in [0.1, 0.15) is 26.7 Å². The molecule has 2 heterocycles. The summed E-state index contributed by atoms with van der Waals surface area (Å²) in [5.41, 5.74) is 0. The largest absolute Gasteiger partial charge is 0.341 e. The standard InChI is InChI=1S/C14H24N4O2S/c1-3-21(19,20)11-12(2)17-13-5-9-18(10-6-13)14-15-7-4-8-16-14/h4,7-8,12-13,17H,3,5-6,9-11H2,1-2H3. The molecule has 7 heteroatoms. The van der Waals surface area contributed by atoms with Crippen LogP contribution in [0.2, 0.25) is 0 Å². The Morgan fingerprint density at radius 3 is 2.52 bits per heavy atom. The average molecular weight is 312 g/mol. The Balaban J connectivity index is 1.79. The van der Waals surface area contributed by atoms with E-state index in [1.165, 1.54) is 0 Å². The smallest absolute Gasteiger partial charge is 0.225 e. The first-order valence-corrected chi connectivity index (χ1v) is 9.30. The Kier molecular flexibility index (Phi) is 5.52. The lowest BCUT2D eigenvalue weighted by Crippen LogP contribution is -2.47. The Labute approximate surface area is 126 Å². The molecule has 118 valence electrons. The van der Waals surface area contributed by atoms with Crippen LogP contribution < -0.4 is 10.2 Å². The second-order valence-electron chi connectivity index (χ2n) is 5.58. The van der Waals surface area contributed by atoms with Crippen LogP contribution in [0.25, 0.3) is 0 Å². The maximum atomic E-state index is 11.6. The first-order chi connectivity index (χ1) is 10.00. The molecule has 21 heavy (non-hydrogen) atoms. The lowest BCUT2D eigenvalue weighted by molar-refractivity contribution is 0.385. The maximum absolute atomic E-state index is 11.6. The molecule has 1 saturated heterocycles. The molecule has 2 rings (SSSR count). The van der Waals surface area contributed by atoms with Crippen molar-refractivity contribution in [3.05, 3.63) is 18.5 Å². The number of aromatic nitrogens is 2. The highest BCUT2D eigenvalue weighted by atomic mass is 32.2. The number of hydrogen-bond donors (Lipinski definition) is 1. The van der Waals surface area contributed by atoms with Crippen molar-refractivity contribution in [1.82, 2.24) is 15.3 Å². The molecule has 1 fully saturated rings. The first-order valence-electron chi connectivity index (χ1n) is 7.48. The summed E-state index contributed by atoms with van der Waals surface area (Å²) in [5.74, 6) is 1.20. The van der Waals surface area contributed by atoms with Crippen molar-refractivity contribution in [2.45, 2.75) is 38.8 Å². The molecule has 0 aliphatic carbocycles. The minimum absolute atomic E-state index is 0.000486. The summed E-state index contributed by atoms with van der Waals surface area (Å²) < 4.78 is 23.2. The van der Waals surface area contributed by atoms with E-state index in [1.54, 1.807) is 19.3 Å². The van der Waals surface area contributed by atoms with Gasteiger partial charge in [0, 0.05) is 43.3 Å². The predicted octanol–water partition coefficient (Wildman–Crippen LogP) is 0.858. The van der Waals surface area contributed by atoms with Gasteiger partial charge in [-0.1, -0.05) is 6.92 Å². The van der Waals surface area contributed by atoms with Crippen LogP contribution in [0.15, 0.2) is 18.5 Å². The third kappa shape index (κ3) is 4.93. The minimum atomic E-state index is -2.92. The second kappa shape index (κ2) is 7.17. The van der Waals surface area contributed by atoms with Gasteiger partial charge in [-0.25, -0.2) is 18.4 Å². The van der Waals surface area contributed by atoms with E-state index < -0.39 is 9.84 Å². The highest BCUT2D eigenvalue weighted by Gasteiger charge is 2.23. The molecule has 1 aliphatic rings. The quantitative estimate of drug-likeness (QED) is 0.839. The molecule has 0 aromatic carbocycles. The van der Waals surface area contributed by atoms with Gasteiger partial charge in [0.25, 0.3) is 0 Å². The molecular formula is C14H24N4O2S. The monoisotopic (exact) mass is 312 g/mol. The Hall–Kier alpha value is -1.21. The minimum Gasteiger partial charge on any atom is -0.341 e. The van der Waals surface area contributed by atoms with Crippen LogP contribution in [0, 0.1) is 0 Å². The third-order valence-electron chi connectivity index (χ3n) is 3.79.